The Bertz CT molecular complexity index is 821. The van der Waals surface area contributed by atoms with E-state index in [1.165, 1.54) is 28.4 Å². The highest BCUT2D eigenvalue weighted by molar-refractivity contribution is 6.23. The van der Waals surface area contributed by atoms with Gasteiger partial charge in [0, 0.05) is 5.57 Å². The average Bonchev–Trinajstić information content (AvgIpc) is 2.64. The minimum atomic E-state index is -0.594. The van der Waals surface area contributed by atoms with Crippen LogP contribution in [0.2, 0.25) is 0 Å². The molecule has 0 fully saturated rings. The van der Waals surface area contributed by atoms with Gasteiger partial charge < -0.3 is 30.4 Å². The van der Waals surface area contributed by atoms with Gasteiger partial charge in [-0.1, -0.05) is 6.07 Å². The fourth-order valence-corrected chi connectivity index (χ4v) is 2.55. The summed E-state index contributed by atoms with van der Waals surface area (Å²) < 4.78 is 21.1. The highest BCUT2D eigenvalue weighted by atomic mass is 16.5. The number of nitrogens with two attached hydrogens (primary N) is 2. The maximum absolute atomic E-state index is 12.0. The molecule has 0 unspecified atom stereocenters. The minimum Gasteiger partial charge on any atom is -0.495 e. The van der Waals surface area contributed by atoms with Crippen molar-refractivity contribution >= 4 is 23.2 Å². The zero-order chi connectivity index (χ0) is 19.3. The van der Waals surface area contributed by atoms with Crippen LogP contribution in [0.3, 0.4) is 0 Å². The van der Waals surface area contributed by atoms with E-state index in [4.69, 9.17) is 30.4 Å². The molecule has 0 aromatic heterocycles. The second kappa shape index (κ2) is 8.15. The van der Waals surface area contributed by atoms with Crippen LogP contribution in [-0.2, 0) is 4.79 Å². The topological polar surface area (TPSA) is 106 Å². The number of nitrogen functional groups attached to an aromatic ring is 1. The first kappa shape index (κ1) is 19.0. The maximum Gasteiger partial charge on any atom is 0.249 e. The van der Waals surface area contributed by atoms with Crippen molar-refractivity contribution in [3.63, 3.8) is 0 Å². The van der Waals surface area contributed by atoms with Crippen LogP contribution in [0, 0.1) is 0 Å². The summed E-state index contributed by atoms with van der Waals surface area (Å²) in [7, 11) is 6.07. The largest absolute Gasteiger partial charge is 0.495 e. The predicted octanol–water partition coefficient (Wildman–Crippen LogP) is 2.33. The number of carbonyl (C=O) groups is 1. The average molecular weight is 358 g/mol. The molecule has 0 radical (unpaired) electrons. The first-order valence-corrected chi connectivity index (χ1v) is 7.70. The minimum absolute atomic E-state index is 0.286. The number of ether oxygens (including phenoxy) is 4. The number of carbonyl (C=O) groups excluding carboxylic acids is 1. The molecule has 4 N–H and O–H groups in total. The standard InChI is InChI=1S/C19H22N2O5/c1-23-15-6-5-12(10-14(15)20)13(19(21)22)7-11-8-16(24-2)18(26-4)17(9-11)25-3/h5-10H,20H2,1-4H3,(H2,21,22)/b13-7-. The molecule has 0 saturated carbocycles. The van der Waals surface area contributed by atoms with Gasteiger partial charge in [-0.3, -0.25) is 4.79 Å². The smallest absolute Gasteiger partial charge is 0.249 e. The van der Waals surface area contributed by atoms with Gasteiger partial charge in [0.05, 0.1) is 34.1 Å². The number of primary amides is 1. The highest BCUT2D eigenvalue weighted by Gasteiger charge is 2.15. The molecular weight excluding hydrogens is 336 g/mol. The summed E-state index contributed by atoms with van der Waals surface area (Å²) in [5.41, 5.74) is 13.4. The molecule has 138 valence electrons. The molecule has 7 heteroatoms. The van der Waals surface area contributed by atoms with Gasteiger partial charge in [-0.2, -0.15) is 0 Å². The van der Waals surface area contributed by atoms with E-state index in [0.717, 1.165) is 0 Å². The van der Waals surface area contributed by atoms with Crippen molar-refractivity contribution in [2.45, 2.75) is 0 Å². The normalized spacial score (nSPS) is 11.0. The monoisotopic (exact) mass is 358 g/mol. The van der Waals surface area contributed by atoms with Crippen molar-refractivity contribution in [2.24, 2.45) is 5.73 Å². The van der Waals surface area contributed by atoms with Crippen LogP contribution in [0.25, 0.3) is 11.6 Å². The molecule has 26 heavy (non-hydrogen) atoms. The van der Waals surface area contributed by atoms with Crippen LogP contribution in [0.4, 0.5) is 5.69 Å². The third-order valence-corrected chi connectivity index (χ3v) is 3.80. The molecular formula is C19H22N2O5. The molecule has 0 aliphatic rings. The lowest BCUT2D eigenvalue weighted by Crippen LogP contribution is -2.13. The van der Waals surface area contributed by atoms with E-state index in [1.54, 1.807) is 36.4 Å². The Hall–Kier alpha value is -3.35. The second-order valence-electron chi connectivity index (χ2n) is 5.34. The van der Waals surface area contributed by atoms with Crippen LogP contribution in [0.15, 0.2) is 30.3 Å². The maximum atomic E-state index is 12.0. The molecule has 7 nitrogen and oxygen atoms in total. The van der Waals surface area contributed by atoms with Crippen molar-refractivity contribution in [2.75, 3.05) is 34.2 Å². The molecule has 0 bridgehead atoms. The third kappa shape index (κ3) is 3.83. The molecule has 0 heterocycles. The zero-order valence-electron chi connectivity index (χ0n) is 15.2. The number of rotatable bonds is 7. The summed E-state index contributed by atoms with van der Waals surface area (Å²) in [6, 6.07) is 8.46. The first-order valence-electron chi connectivity index (χ1n) is 7.70. The Kier molecular flexibility index (Phi) is 5.95. The Labute approximate surface area is 152 Å². The number of hydrogen-bond acceptors (Lipinski definition) is 6. The lowest BCUT2D eigenvalue weighted by atomic mass is 10.0. The van der Waals surface area contributed by atoms with Gasteiger partial charge in [0.2, 0.25) is 11.7 Å². The Balaban J connectivity index is 2.59. The van der Waals surface area contributed by atoms with Gasteiger partial charge in [0.15, 0.2) is 11.5 Å². The summed E-state index contributed by atoms with van der Waals surface area (Å²) in [4.78, 5) is 12.0. The molecule has 2 rings (SSSR count). The zero-order valence-corrected chi connectivity index (χ0v) is 15.2. The molecule has 0 spiro atoms. The van der Waals surface area contributed by atoms with Gasteiger partial charge in [-0.25, -0.2) is 0 Å². The van der Waals surface area contributed by atoms with E-state index in [9.17, 15) is 4.79 Å². The van der Waals surface area contributed by atoms with E-state index < -0.39 is 5.91 Å². The van der Waals surface area contributed by atoms with Gasteiger partial charge in [-0.15, -0.1) is 0 Å². The van der Waals surface area contributed by atoms with Gasteiger partial charge in [-0.05, 0) is 41.5 Å². The Morgan fingerprint density at radius 1 is 0.885 bits per heavy atom. The Morgan fingerprint density at radius 2 is 1.46 bits per heavy atom. The number of benzene rings is 2. The molecule has 2 aromatic rings. The van der Waals surface area contributed by atoms with E-state index in [1.807, 2.05) is 0 Å². The van der Waals surface area contributed by atoms with Crippen LogP contribution >= 0.6 is 0 Å². The van der Waals surface area contributed by atoms with Crippen LogP contribution < -0.4 is 30.4 Å². The molecule has 0 aliphatic carbocycles. The van der Waals surface area contributed by atoms with Crippen molar-refractivity contribution in [3.8, 4) is 23.0 Å². The Morgan fingerprint density at radius 3 is 1.88 bits per heavy atom. The third-order valence-electron chi connectivity index (χ3n) is 3.80. The fraction of sp³-hybridized carbons (Fsp3) is 0.211. The van der Waals surface area contributed by atoms with E-state index >= 15 is 0 Å². The van der Waals surface area contributed by atoms with E-state index in [-0.39, 0.29) is 5.57 Å². The molecule has 0 aliphatic heterocycles. The summed E-state index contributed by atoms with van der Waals surface area (Å²) in [5.74, 6) is 1.32. The quantitative estimate of drug-likeness (QED) is 0.447. The summed E-state index contributed by atoms with van der Waals surface area (Å²) in [6.07, 6.45) is 1.63. The predicted molar refractivity (Wildman–Crippen MR) is 101 cm³/mol. The van der Waals surface area contributed by atoms with E-state index in [0.29, 0.717) is 39.8 Å². The van der Waals surface area contributed by atoms with Crippen LogP contribution in [0.5, 0.6) is 23.0 Å². The summed E-state index contributed by atoms with van der Waals surface area (Å²) >= 11 is 0. The lowest BCUT2D eigenvalue weighted by molar-refractivity contribution is -0.112. The fourth-order valence-electron chi connectivity index (χ4n) is 2.55. The van der Waals surface area contributed by atoms with Crippen molar-refractivity contribution < 1.29 is 23.7 Å². The van der Waals surface area contributed by atoms with Crippen molar-refractivity contribution in [1.29, 1.82) is 0 Å². The van der Waals surface area contributed by atoms with Gasteiger partial charge in [0.1, 0.15) is 5.75 Å². The van der Waals surface area contributed by atoms with Gasteiger partial charge in [0.25, 0.3) is 0 Å². The first-order chi connectivity index (χ1) is 12.4. The summed E-state index contributed by atoms with van der Waals surface area (Å²) in [5, 5.41) is 0. The summed E-state index contributed by atoms with van der Waals surface area (Å²) in [6.45, 7) is 0. The van der Waals surface area contributed by atoms with E-state index in [2.05, 4.69) is 0 Å². The number of methoxy groups -OCH3 is 4. The second-order valence-corrected chi connectivity index (χ2v) is 5.34. The molecule has 0 saturated heterocycles. The molecule has 0 atom stereocenters. The SMILES string of the molecule is COc1ccc(/C(=C/c2cc(OC)c(OC)c(OC)c2)C(N)=O)cc1N. The lowest BCUT2D eigenvalue weighted by Gasteiger charge is -2.13. The van der Waals surface area contributed by atoms with Crippen molar-refractivity contribution in [3.05, 3.63) is 41.5 Å². The van der Waals surface area contributed by atoms with Gasteiger partial charge >= 0.3 is 0 Å². The molecule has 2 aromatic carbocycles. The van der Waals surface area contributed by atoms with Crippen LogP contribution in [0.1, 0.15) is 11.1 Å². The molecule has 1 amide bonds. The highest BCUT2D eigenvalue weighted by Crippen LogP contribution is 2.39. The van der Waals surface area contributed by atoms with Crippen LogP contribution in [-0.4, -0.2) is 34.3 Å². The van der Waals surface area contributed by atoms with Crippen molar-refractivity contribution in [1.82, 2.24) is 0 Å². The number of amides is 1. The number of anilines is 1. The number of hydrogen-bond donors (Lipinski definition) is 2.